The van der Waals surface area contributed by atoms with Crippen LogP contribution in [0.15, 0.2) is 12.2 Å². The lowest BCUT2D eigenvalue weighted by atomic mass is 10.1. The van der Waals surface area contributed by atoms with Crippen molar-refractivity contribution in [2.45, 2.75) is 44.7 Å². The van der Waals surface area contributed by atoms with E-state index in [1.54, 1.807) is 0 Å². The van der Waals surface area contributed by atoms with Gasteiger partial charge in [-0.05, 0) is 19.8 Å². The zero-order chi connectivity index (χ0) is 14.9. The molecule has 0 aromatic heterocycles. The Balaban J connectivity index is 3.65. The second-order valence-corrected chi connectivity index (χ2v) is 6.46. The molecule has 7 heteroatoms. The maximum atomic E-state index is 10.9. The van der Waals surface area contributed by atoms with Gasteiger partial charge in [-0.3, -0.25) is 9.36 Å². The smallest absolute Gasteiger partial charge is 0.339 e. The van der Waals surface area contributed by atoms with Crippen molar-refractivity contribution in [3.8, 4) is 0 Å². The van der Waals surface area contributed by atoms with Gasteiger partial charge < -0.3 is 19.6 Å². The standard InChI is InChI=1S/C12H23O6P/c1-10(2)9-18-8-6-4-3-5-7-11(12(13)14)19(15,16)17/h11H,1,3-9H2,2H3,(H,13,14)(H2,15,16,17). The Hall–Kier alpha value is -0.680. The third kappa shape index (κ3) is 9.85. The van der Waals surface area contributed by atoms with Gasteiger partial charge in [-0.2, -0.15) is 0 Å². The zero-order valence-corrected chi connectivity index (χ0v) is 12.1. The van der Waals surface area contributed by atoms with Crippen molar-refractivity contribution >= 4 is 13.6 Å². The summed E-state index contributed by atoms with van der Waals surface area (Å²) >= 11 is 0. The van der Waals surface area contributed by atoms with Crippen molar-refractivity contribution in [2.75, 3.05) is 13.2 Å². The molecular formula is C12H23O6P. The molecule has 0 aliphatic rings. The first kappa shape index (κ1) is 18.3. The number of ether oxygens (including phenoxy) is 1. The van der Waals surface area contributed by atoms with Gasteiger partial charge in [-0.15, -0.1) is 0 Å². The van der Waals surface area contributed by atoms with Gasteiger partial charge in [0.05, 0.1) is 6.61 Å². The summed E-state index contributed by atoms with van der Waals surface area (Å²) in [7, 11) is -4.54. The Labute approximate surface area is 113 Å². The van der Waals surface area contributed by atoms with Crippen LogP contribution in [0.1, 0.15) is 39.0 Å². The molecule has 0 amide bonds. The Bertz CT molecular complexity index is 335. The monoisotopic (exact) mass is 294 g/mol. The number of rotatable bonds is 11. The maximum Gasteiger partial charge on any atom is 0.339 e. The second-order valence-electron chi connectivity index (χ2n) is 4.66. The molecule has 0 aromatic carbocycles. The molecule has 0 fully saturated rings. The van der Waals surface area contributed by atoms with E-state index in [1.165, 1.54) is 0 Å². The van der Waals surface area contributed by atoms with Crippen LogP contribution in [0.4, 0.5) is 0 Å². The van der Waals surface area contributed by atoms with Crippen LogP contribution in [-0.2, 0) is 14.1 Å². The molecule has 0 saturated carbocycles. The molecule has 112 valence electrons. The fourth-order valence-corrected chi connectivity index (χ4v) is 2.38. The van der Waals surface area contributed by atoms with E-state index in [0.717, 1.165) is 24.8 Å². The van der Waals surface area contributed by atoms with Gasteiger partial charge in [0.15, 0.2) is 5.66 Å². The number of carboxylic acid groups (broad SMARTS) is 1. The van der Waals surface area contributed by atoms with E-state index in [4.69, 9.17) is 19.6 Å². The number of hydrogen-bond donors (Lipinski definition) is 3. The van der Waals surface area contributed by atoms with Gasteiger partial charge in [-0.1, -0.05) is 31.4 Å². The third-order valence-electron chi connectivity index (χ3n) is 2.56. The van der Waals surface area contributed by atoms with E-state index in [2.05, 4.69) is 6.58 Å². The summed E-state index contributed by atoms with van der Waals surface area (Å²) in [6.45, 7) is 6.75. The minimum Gasteiger partial charge on any atom is -0.481 e. The van der Waals surface area contributed by atoms with Crippen LogP contribution >= 0.6 is 7.60 Å². The molecule has 0 aliphatic carbocycles. The van der Waals surface area contributed by atoms with Gasteiger partial charge in [0, 0.05) is 6.61 Å². The third-order valence-corrected chi connectivity index (χ3v) is 3.85. The molecule has 0 aromatic rings. The molecule has 0 bridgehead atoms. The summed E-state index contributed by atoms with van der Waals surface area (Å²) < 4.78 is 16.2. The number of carboxylic acids is 1. The van der Waals surface area contributed by atoms with Gasteiger partial charge in [0.2, 0.25) is 0 Å². The first-order valence-corrected chi connectivity index (χ1v) is 7.93. The normalized spacial score (nSPS) is 13.2. The summed E-state index contributed by atoms with van der Waals surface area (Å²) in [6.07, 6.45) is 2.93. The lowest BCUT2D eigenvalue weighted by Gasteiger charge is -2.13. The molecule has 3 N–H and O–H groups in total. The highest BCUT2D eigenvalue weighted by Gasteiger charge is 2.34. The Morgan fingerprint density at radius 1 is 1.26 bits per heavy atom. The van der Waals surface area contributed by atoms with Crippen LogP contribution in [0.25, 0.3) is 0 Å². The quantitative estimate of drug-likeness (QED) is 0.306. The fourth-order valence-electron chi connectivity index (χ4n) is 1.58. The predicted octanol–water partition coefficient (Wildman–Crippen LogP) is 2.16. The molecule has 0 radical (unpaired) electrons. The highest BCUT2D eigenvalue weighted by molar-refractivity contribution is 7.53. The Kier molecular flexibility index (Phi) is 8.93. The average Bonchev–Trinajstić information content (AvgIpc) is 2.24. The highest BCUT2D eigenvalue weighted by atomic mass is 31.2. The van der Waals surface area contributed by atoms with Crippen molar-refractivity contribution in [1.82, 2.24) is 0 Å². The average molecular weight is 294 g/mol. The zero-order valence-electron chi connectivity index (χ0n) is 11.2. The molecule has 0 aliphatic heterocycles. The SMILES string of the molecule is C=C(C)COCCCCCCC(C(=O)O)P(=O)(O)O. The van der Waals surface area contributed by atoms with Crippen LogP contribution in [0, 0.1) is 0 Å². The van der Waals surface area contributed by atoms with Crippen molar-refractivity contribution < 1.29 is 29.0 Å². The number of aliphatic carboxylic acids is 1. The van der Waals surface area contributed by atoms with E-state index in [0.29, 0.717) is 19.6 Å². The minimum atomic E-state index is -4.54. The molecule has 0 spiro atoms. The number of hydrogen-bond acceptors (Lipinski definition) is 3. The molecular weight excluding hydrogens is 271 g/mol. The molecule has 1 unspecified atom stereocenters. The largest absolute Gasteiger partial charge is 0.481 e. The fraction of sp³-hybridized carbons (Fsp3) is 0.750. The van der Waals surface area contributed by atoms with Crippen molar-refractivity contribution in [2.24, 2.45) is 0 Å². The Morgan fingerprint density at radius 2 is 1.84 bits per heavy atom. The van der Waals surface area contributed by atoms with Gasteiger partial charge in [0.1, 0.15) is 0 Å². The molecule has 1 atom stereocenters. The van der Waals surface area contributed by atoms with Crippen molar-refractivity contribution in [3.05, 3.63) is 12.2 Å². The lowest BCUT2D eigenvalue weighted by molar-refractivity contribution is -0.137. The number of unbranched alkanes of at least 4 members (excludes halogenated alkanes) is 3. The van der Waals surface area contributed by atoms with E-state index in [9.17, 15) is 9.36 Å². The van der Waals surface area contributed by atoms with Crippen molar-refractivity contribution in [3.63, 3.8) is 0 Å². The van der Waals surface area contributed by atoms with Gasteiger partial charge in [-0.25, -0.2) is 0 Å². The topological polar surface area (TPSA) is 104 Å². The molecule has 0 saturated heterocycles. The minimum absolute atomic E-state index is 0.00618. The van der Waals surface area contributed by atoms with Crippen LogP contribution in [0.2, 0.25) is 0 Å². The predicted molar refractivity (Wildman–Crippen MR) is 72.2 cm³/mol. The van der Waals surface area contributed by atoms with Gasteiger partial charge >= 0.3 is 13.6 Å². The van der Waals surface area contributed by atoms with E-state index in [1.807, 2.05) is 6.92 Å². The van der Waals surface area contributed by atoms with E-state index in [-0.39, 0.29) is 6.42 Å². The first-order valence-electron chi connectivity index (χ1n) is 6.25. The van der Waals surface area contributed by atoms with Crippen molar-refractivity contribution in [1.29, 1.82) is 0 Å². The highest BCUT2D eigenvalue weighted by Crippen LogP contribution is 2.43. The second kappa shape index (κ2) is 9.26. The summed E-state index contributed by atoms with van der Waals surface area (Å²) in [4.78, 5) is 28.4. The maximum absolute atomic E-state index is 10.9. The summed E-state index contributed by atoms with van der Waals surface area (Å²) in [5.41, 5.74) is -0.613. The summed E-state index contributed by atoms with van der Waals surface area (Å²) in [5, 5.41) is 8.71. The number of carbonyl (C=O) groups is 1. The van der Waals surface area contributed by atoms with Crippen LogP contribution in [0.3, 0.4) is 0 Å². The molecule has 0 heterocycles. The molecule has 6 nitrogen and oxygen atoms in total. The van der Waals surface area contributed by atoms with E-state index >= 15 is 0 Å². The first-order chi connectivity index (χ1) is 8.75. The summed E-state index contributed by atoms with van der Waals surface area (Å²) in [6, 6.07) is 0. The van der Waals surface area contributed by atoms with E-state index < -0.39 is 19.2 Å². The molecule has 0 rings (SSSR count). The van der Waals surface area contributed by atoms with Gasteiger partial charge in [0.25, 0.3) is 0 Å². The Morgan fingerprint density at radius 3 is 2.32 bits per heavy atom. The summed E-state index contributed by atoms with van der Waals surface area (Å²) in [5.74, 6) is -1.43. The van der Waals surface area contributed by atoms with Crippen LogP contribution in [0.5, 0.6) is 0 Å². The molecule has 19 heavy (non-hydrogen) atoms. The van der Waals surface area contributed by atoms with Crippen LogP contribution < -0.4 is 0 Å². The lowest BCUT2D eigenvalue weighted by Crippen LogP contribution is -2.20. The van der Waals surface area contributed by atoms with Crippen LogP contribution in [-0.4, -0.2) is 39.7 Å².